The molecule has 240 valence electrons. The highest BCUT2D eigenvalue weighted by atomic mass is 19.1. The zero-order valence-corrected chi connectivity index (χ0v) is 26.2. The summed E-state index contributed by atoms with van der Waals surface area (Å²) in [6.45, 7) is 6.18. The number of rotatable bonds is 11. The Morgan fingerprint density at radius 3 is 2.72 bits per heavy atom. The third-order valence-corrected chi connectivity index (χ3v) is 8.73. The van der Waals surface area contributed by atoms with Gasteiger partial charge in [-0.15, -0.1) is 0 Å². The number of piperazine rings is 1. The summed E-state index contributed by atoms with van der Waals surface area (Å²) in [4.78, 5) is 26.7. The molecule has 0 aliphatic carbocycles. The molecule has 2 aliphatic rings. The van der Waals surface area contributed by atoms with Gasteiger partial charge in [0.05, 0.1) is 66.7 Å². The molecule has 6 rings (SSSR count). The van der Waals surface area contributed by atoms with Crippen LogP contribution in [0.1, 0.15) is 46.7 Å². The lowest BCUT2D eigenvalue weighted by molar-refractivity contribution is -0.0596. The molecule has 0 radical (unpaired) electrons. The number of halogens is 1. The Kier molecular flexibility index (Phi) is 9.44. The Bertz CT molecular complexity index is 1750. The number of hydrogen-bond donors (Lipinski definition) is 0. The van der Waals surface area contributed by atoms with Crippen LogP contribution < -0.4 is 9.64 Å². The molecule has 4 aromatic rings. The smallest absolute Gasteiger partial charge is 0.337 e. The molecule has 11 nitrogen and oxygen atoms in total. The highest BCUT2D eigenvalue weighted by Crippen LogP contribution is 2.31. The largest absolute Gasteiger partial charge is 0.473 e. The Balaban J connectivity index is 1.20. The normalized spacial score (nSPS) is 19.0. The van der Waals surface area contributed by atoms with Gasteiger partial charge in [0.15, 0.2) is 0 Å². The fourth-order valence-electron chi connectivity index (χ4n) is 6.15. The van der Waals surface area contributed by atoms with Gasteiger partial charge in [0.25, 0.3) is 0 Å². The predicted molar refractivity (Wildman–Crippen MR) is 168 cm³/mol. The van der Waals surface area contributed by atoms with Crippen molar-refractivity contribution in [3.05, 3.63) is 82.9 Å². The SMILES string of the molecule is COC[C@H]1CN(c2cccc(OCc3ccc(C#N)cc3F)n2)CCN1[C@@H](C)c1nc2ccc(C(=O)OC)cc2n1C[C@@H]1CCO1. The number of hydrogen-bond acceptors (Lipinski definition) is 10. The molecule has 0 unspecified atom stereocenters. The Morgan fingerprint density at radius 1 is 1.15 bits per heavy atom. The van der Waals surface area contributed by atoms with Gasteiger partial charge in [-0.05, 0) is 49.7 Å². The molecule has 0 N–H and O–H groups in total. The zero-order chi connectivity index (χ0) is 32.2. The third kappa shape index (κ3) is 6.53. The van der Waals surface area contributed by atoms with Gasteiger partial charge in [0, 0.05) is 45.0 Å². The second kappa shape index (κ2) is 13.8. The van der Waals surface area contributed by atoms with Crippen molar-refractivity contribution >= 4 is 22.8 Å². The number of esters is 1. The first-order valence-corrected chi connectivity index (χ1v) is 15.4. The van der Waals surface area contributed by atoms with Crippen LogP contribution in [0.15, 0.2) is 54.6 Å². The molecule has 46 heavy (non-hydrogen) atoms. The number of carbonyl (C=O) groups excluding carboxylic acids is 1. The first-order chi connectivity index (χ1) is 22.4. The average Bonchev–Trinajstić information content (AvgIpc) is 3.42. The number of imidazole rings is 1. The maximum atomic E-state index is 14.4. The minimum Gasteiger partial charge on any atom is -0.473 e. The number of carbonyl (C=O) groups is 1. The summed E-state index contributed by atoms with van der Waals surface area (Å²) in [6.07, 6.45) is 1.08. The van der Waals surface area contributed by atoms with E-state index in [9.17, 15) is 9.18 Å². The molecule has 0 spiro atoms. The summed E-state index contributed by atoms with van der Waals surface area (Å²) in [5, 5.41) is 8.99. The zero-order valence-electron chi connectivity index (χ0n) is 26.2. The van der Waals surface area contributed by atoms with Crippen LogP contribution in [0.4, 0.5) is 10.2 Å². The van der Waals surface area contributed by atoms with E-state index < -0.39 is 5.82 Å². The van der Waals surface area contributed by atoms with Crippen LogP contribution in [0.2, 0.25) is 0 Å². The molecule has 3 atom stereocenters. The van der Waals surface area contributed by atoms with Crippen molar-refractivity contribution in [2.75, 3.05) is 52.0 Å². The highest BCUT2D eigenvalue weighted by molar-refractivity contribution is 5.93. The van der Waals surface area contributed by atoms with E-state index in [1.54, 1.807) is 31.4 Å². The summed E-state index contributed by atoms with van der Waals surface area (Å²) >= 11 is 0. The molecule has 2 fully saturated rings. The summed E-state index contributed by atoms with van der Waals surface area (Å²) in [7, 11) is 3.08. The Labute approximate surface area is 267 Å². The van der Waals surface area contributed by atoms with Gasteiger partial charge >= 0.3 is 5.97 Å². The molecule has 0 bridgehead atoms. The summed E-state index contributed by atoms with van der Waals surface area (Å²) in [5.74, 6) is 1.19. The second-order valence-electron chi connectivity index (χ2n) is 11.6. The third-order valence-electron chi connectivity index (χ3n) is 8.73. The van der Waals surface area contributed by atoms with Gasteiger partial charge in [0.1, 0.15) is 24.1 Å². The number of fused-ring (bicyclic) bond motifs is 1. The maximum absolute atomic E-state index is 14.4. The van der Waals surface area contributed by atoms with Crippen LogP contribution in [0.5, 0.6) is 5.88 Å². The molecule has 2 aromatic carbocycles. The number of anilines is 1. The number of methoxy groups -OCH3 is 2. The van der Waals surface area contributed by atoms with Gasteiger partial charge in [-0.25, -0.2) is 14.2 Å². The Hall–Kier alpha value is -4.57. The van der Waals surface area contributed by atoms with Gasteiger partial charge in [0.2, 0.25) is 5.88 Å². The number of benzene rings is 2. The maximum Gasteiger partial charge on any atom is 0.337 e. The lowest BCUT2D eigenvalue weighted by Gasteiger charge is -2.44. The minimum atomic E-state index is -0.486. The van der Waals surface area contributed by atoms with Crippen molar-refractivity contribution in [3.63, 3.8) is 0 Å². The van der Waals surface area contributed by atoms with Crippen LogP contribution in [0.25, 0.3) is 11.0 Å². The average molecular weight is 629 g/mol. The number of pyridine rings is 1. The molecule has 0 amide bonds. The lowest BCUT2D eigenvalue weighted by atomic mass is 10.1. The summed E-state index contributed by atoms with van der Waals surface area (Å²) in [6, 6.07) is 17.3. The van der Waals surface area contributed by atoms with Crippen LogP contribution in [0.3, 0.4) is 0 Å². The molecule has 2 aliphatic heterocycles. The highest BCUT2D eigenvalue weighted by Gasteiger charge is 2.34. The number of nitriles is 1. The molecule has 2 aromatic heterocycles. The molecular weight excluding hydrogens is 591 g/mol. The molecule has 12 heteroatoms. The van der Waals surface area contributed by atoms with Crippen molar-refractivity contribution in [2.45, 2.75) is 44.7 Å². The van der Waals surface area contributed by atoms with E-state index in [2.05, 4.69) is 21.3 Å². The fourth-order valence-corrected chi connectivity index (χ4v) is 6.15. The van der Waals surface area contributed by atoms with Crippen molar-refractivity contribution < 1.29 is 28.1 Å². The fraction of sp³-hybridized carbons (Fsp3) is 0.412. The van der Waals surface area contributed by atoms with Crippen LogP contribution in [-0.4, -0.2) is 84.6 Å². The van der Waals surface area contributed by atoms with Gasteiger partial charge in [-0.3, -0.25) is 4.90 Å². The lowest BCUT2D eigenvalue weighted by Crippen LogP contribution is -2.56. The van der Waals surface area contributed by atoms with Gasteiger partial charge in [-0.1, -0.05) is 12.1 Å². The Morgan fingerprint density at radius 2 is 2.00 bits per heavy atom. The van der Waals surface area contributed by atoms with E-state index in [-0.39, 0.29) is 36.3 Å². The quantitative estimate of drug-likeness (QED) is 0.220. The van der Waals surface area contributed by atoms with Crippen molar-refractivity contribution in [1.82, 2.24) is 19.4 Å². The molecule has 0 saturated carbocycles. The van der Waals surface area contributed by atoms with E-state index >= 15 is 0 Å². The van der Waals surface area contributed by atoms with Crippen molar-refractivity contribution in [1.29, 1.82) is 5.26 Å². The van der Waals surface area contributed by atoms with Crippen LogP contribution in [0, 0.1) is 17.1 Å². The first kappa shape index (κ1) is 31.4. The predicted octanol–water partition coefficient (Wildman–Crippen LogP) is 4.49. The van der Waals surface area contributed by atoms with Crippen molar-refractivity contribution in [2.24, 2.45) is 0 Å². The minimum absolute atomic E-state index is 0.000389. The topological polar surface area (TPSA) is 115 Å². The first-order valence-electron chi connectivity index (χ1n) is 15.4. The van der Waals surface area contributed by atoms with Gasteiger partial charge in [-0.2, -0.15) is 10.2 Å². The standard InChI is InChI=1S/C34H37FN6O5/c1-22(33-37-29-10-9-24(34(42)44-3)16-30(29)41(33)19-27-11-14-45-27)40-13-12-39(18-26(40)21-43-2)31-5-4-6-32(38-31)46-20-25-8-7-23(17-36)15-28(25)35/h4-10,15-16,22,26-27H,11-14,18-21H2,1-3H3/t22-,26+,27-/m0/s1. The van der Waals surface area contributed by atoms with Crippen LogP contribution >= 0.6 is 0 Å². The van der Waals surface area contributed by atoms with Gasteiger partial charge < -0.3 is 28.4 Å². The number of ether oxygens (including phenoxy) is 4. The summed E-state index contributed by atoms with van der Waals surface area (Å²) in [5.41, 5.74) is 2.79. The van der Waals surface area contributed by atoms with E-state index in [4.69, 9.17) is 34.2 Å². The van der Waals surface area contributed by atoms with Crippen molar-refractivity contribution in [3.8, 4) is 11.9 Å². The number of nitrogens with zero attached hydrogens (tertiary/aromatic N) is 6. The van der Waals surface area contributed by atoms with E-state index in [1.165, 1.54) is 13.2 Å². The van der Waals surface area contributed by atoms with E-state index in [0.717, 1.165) is 42.2 Å². The van der Waals surface area contributed by atoms with Crippen LogP contribution in [-0.2, 0) is 27.4 Å². The molecule has 2 saturated heterocycles. The second-order valence-corrected chi connectivity index (χ2v) is 11.6. The molecular formula is C34H37FN6O5. The molecule has 4 heterocycles. The van der Waals surface area contributed by atoms with E-state index in [0.29, 0.717) is 43.2 Å². The summed E-state index contributed by atoms with van der Waals surface area (Å²) < 4.78 is 38.9. The number of aromatic nitrogens is 3. The van der Waals surface area contributed by atoms with E-state index in [1.807, 2.05) is 30.3 Å². The monoisotopic (exact) mass is 628 g/mol.